The van der Waals surface area contributed by atoms with Gasteiger partial charge in [0.25, 0.3) is 0 Å². The van der Waals surface area contributed by atoms with Crippen molar-refractivity contribution in [2.45, 2.75) is 26.3 Å². The van der Waals surface area contributed by atoms with Gasteiger partial charge in [0.1, 0.15) is 19.0 Å². The van der Waals surface area contributed by atoms with Crippen molar-refractivity contribution in [2.24, 2.45) is 4.99 Å². The summed E-state index contributed by atoms with van der Waals surface area (Å²) in [5.74, 6) is 3.80. The summed E-state index contributed by atoms with van der Waals surface area (Å²) < 4.78 is 5.70. The van der Waals surface area contributed by atoms with Gasteiger partial charge < -0.3 is 9.64 Å². The lowest BCUT2D eigenvalue weighted by atomic mass is 9.95. The summed E-state index contributed by atoms with van der Waals surface area (Å²) in [5, 5.41) is 0. The Morgan fingerprint density at radius 2 is 1.80 bits per heavy atom. The third-order valence-corrected chi connectivity index (χ3v) is 5.35. The van der Waals surface area contributed by atoms with Crippen LogP contribution in [-0.4, -0.2) is 19.0 Å². The smallest absolute Gasteiger partial charge is 0.148 e. The number of nitrogens with zero attached hydrogens (tertiary/aromatic N) is 2. The molecule has 3 nitrogen and oxygen atoms in total. The summed E-state index contributed by atoms with van der Waals surface area (Å²) in [7, 11) is 0. The predicted molar refractivity (Wildman–Crippen MR) is 124 cm³/mol. The molecular weight excluding hydrogens is 368 g/mol. The van der Waals surface area contributed by atoms with Crippen molar-refractivity contribution < 1.29 is 4.74 Å². The van der Waals surface area contributed by atoms with Gasteiger partial charge >= 0.3 is 0 Å². The van der Waals surface area contributed by atoms with Crippen molar-refractivity contribution in [2.75, 3.05) is 18.2 Å². The number of terminal acetylenes is 1. The van der Waals surface area contributed by atoms with Crippen LogP contribution in [0.4, 0.5) is 5.69 Å². The number of anilines is 1. The third-order valence-electron chi connectivity index (χ3n) is 5.35. The Hall–Kier alpha value is -3.51. The van der Waals surface area contributed by atoms with Crippen LogP contribution in [-0.2, 0) is 6.54 Å². The lowest BCUT2D eigenvalue weighted by molar-refractivity contribution is 0.370. The molecule has 0 N–H and O–H groups in total. The van der Waals surface area contributed by atoms with Crippen LogP contribution in [0.15, 0.2) is 77.8 Å². The third kappa shape index (κ3) is 4.23. The van der Waals surface area contributed by atoms with Gasteiger partial charge in [-0.05, 0) is 35.2 Å². The number of aliphatic imine (C=N–C) groups is 1. The maximum Gasteiger partial charge on any atom is 0.148 e. The molecule has 1 heterocycles. The highest BCUT2D eigenvalue weighted by molar-refractivity contribution is 6.17. The van der Waals surface area contributed by atoms with Gasteiger partial charge in [-0.3, -0.25) is 4.99 Å². The summed E-state index contributed by atoms with van der Waals surface area (Å²) in [6.45, 7) is 6.09. The molecule has 0 unspecified atom stereocenters. The van der Waals surface area contributed by atoms with E-state index in [1.54, 1.807) is 0 Å². The van der Waals surface area contributed by atoms with Gasteiger partial charge in [0.05, 0.1) is 5.71 Å². The molecule has 0 amide bonds. The van der Waals surface area contributed by atoms with Gasteiger partial charge in [-0.15, -0.1) is 6.42 Å². The molecule has 0 saturated carbocycles. The Morgan fingerprint density at radius 1 is 1.03 bits per heavy atom. The first kappa shape index (κ1) is 19.8. The summed E-state index contributed by atoms with van der Waals surface area (Å²) >= 11 is 0. The van der Waals surface area contributed by atoms with E-state index in [4.69, 9.17) is 16.2 Å². The molecule has 0 aliphatic carbocycles. The monoisotopic (exact) mass is 394 g/mol. The summed E-state index contributed by atoms with van der Waals surface area (Å²) in [6.07, 6.45) is 5.37. The Kier molecular flexibility index (Phi) is 5.86. The molecule has 1 aliphatic rings. The zero-order valence-corrected chi connectivity index (χ0v) is 17.5. The van der Waals surface area contributed by atoms with Crippen molar-refractivity contribution in [1.29, 1.82) is 0 Å². The van der Waals surface area contributed by atoms with Crippen LogP contribution >= 0.6 is 0 Å². The molecular formula is C27H26N2O. The highest BCUT2D eigenvalue weighted by Gasteiger charge is 2.22. The molecule has 0 radical (unpaired) electrons. The zero-order valence-electron chi connectivity index (χ0n) is 17.5. The van der Waals surface area contributed by atoms with Crippen LogP contribution in [0.25, 0.3) is 0 Å². The highest BCUT2D eigenvalue weighted by atomic mass is 16.5. The zero-order chi connectivity index (χ0) is 20.9. The van der Waals surface area contributed by atoms with Crippen LogP contribution in [0.5, 0.6) is 5.75 Å². The highest BCUT2D eigenvalue weighted by Crippen LogP contribution is 2.32. The second kappa shape index (κ2) is 8.88. The lowest BCUT2D eigenvalue weighted by Gasteiger charge is -2.30. The van der Waals surface area contributed by atoms with Crippen molar-refractivity contribution in [1.82, 2.24) is 0 Å². The van der Waals surface area contributed by atoms with Crippen molar-refractivity contribution >= 4 is 11.4 Å². The van der Waals surface area contributed by atoms with Crippen LogP contribution in [0, 0.1) is 12.3 Å². The molecule has 0 bridgehead atoms. The molecule has 4 rings (SSSR count). The minimum Gasteiger partial charge on any atom is -0.481 e. The Balaban J connectivity index is 1.71. The number of fused-ring (bicyclic) bond motifs is 1. The van der Waals surface area contributed by atoms with Gasteiger partial charge in [0.15, 0.2) is 0 Å². The molecule has 0 fully saturated rings. The standard InChI is InChI=1S/C27H26N2O/c1-4-16-30-24-14-15-26-25(17-24)27(23-12-10-22(11-13-23)20(2)3)28-19-29(26)18-21-8-6-5-7-9-21/h1,5-15,17,20H,16,18-19H2,2-3H3. The Bertz CT molecular complexity index is 1080. The number of benzene rings is 3. The molecule has 1 aliphatic heterocycles. The van der Waals surface area contributed by atoms with Crippen molar-refractivity contribution in [3.63, 3.8) is 0 Å². The van der Waals surface area contributed by atoms with E-state index in [1.165, 1.54) is 11.1 Å². The van der Waals surface area contributed by atoms with Gasteiger partial charge in [-0.25, -0.2) is 0 Å². The van der Waals surface area contributed by atoms with E-state index in [0.29, 0.717) is 12.6 Å². The molecule has 0 spiro atoms. The largest absolute Gasteiger partial charge is 0.481 e. The number of hydrogen-bond donors (Lipinski definition) is 0. The maximum absolute atomic E-state index is 5.70. The molecule has 3 aromatic rings. The van der Waals surface area contributed by atoms with Crippen LogP contribution in [0.2, 0.25) is 0 Å². The molecule has 30 heavy (non-hydrogen) atoms. The average molecular weight is 395 g/mol. The molecule has 0 atom stereocenters. The maximum atomic E-state index is 5.70. The van der Waals surface area contributed by atoms with Gasteiger partial charge in [0, 0.05) is 23.4 Å². The molecule has 0 aromatic heterocycles. The molecule has 0 saturated heterocycles. The number of hydrogen-bond acceptors (Lipinski definition) is 3. The minimum absolute atomic E-state index is 0.252. The molecule has 3 aromatic carbocycles. The van der Waals surface area contributed by atoms with E-state index in [1.807, 2.05) is 12.1 Å². The number of ether oxygens (including phenoxy) is 1. The topological polar surface area (TPSA) is 24.8 Å². The van der Waals surface area contributed by atoms with Gasteiger partial charge in [0.2, 0.25) is 0 Å². The van der Waals surface area contributed by atoms with Gasteiger partial charge in [-0.1, -0.05) is 74.4 Å². The van der Waals surface area contributed by atoms with Crippen LogP contribution in [0.1, 0.15) is 42.0 Å². The van der Waals surface area contributed by atoms with Gasteiger partial charge in [-0.2, -0.15) is 0 Å². The first-order valence-electron chi connectivity index (χ1n) is 10.3. The van der Waals surface area contributed by atoms with E-state index in [-0.39, 0.29) is 6.61 Å². The molecule has 3 heteroatoms. The Morgan fingerprint density at radius 3 is 2.50 bits per heavy atom. The fraction of sp³-hybridized carbons (Fsp3) is 0.222. The first-order chi connectivity index (χ1) is 14.7. The number of rotatable bonds is 6. The van der Waals surface area contributed by atoms with Crippen molar-refractivity contribution in [3.05, 3.63) is 95.1 Å². The van der Waals surface area contributed by atoms with E-state index in [2.05, 4.69) is 85.3 Å². The second-order valence-corrected chi connectivity index (χ2v) is 7.78. The lowest BCUT2D eigenvalue weighted by Crippen LogP contribution is -2.29. The van der Waals surface area contributed by atoms with E-state index < -0.39 is 0 Å². The predicted octanol–water partition coefficient (Wildman–Crippen LogP) is 5.64. The first-order valence-corrected chi connectivity index (χ1v) is 10.3. The van der Waals surface area contributed by atoms with E-state index >= 15 is 0 Å². The summed E-state index contributed by atoms with van der Waals surface area (Å²) in [4.78, 5) is 7.25. The molecule has 150 valence electrons. The average Bonchev–Trinajstić information content (AvgIpc) is 2.78. The second-order valence-electron chi connectivity index (χ2n) is 7.78. The van der Waals surface area contributed by atoms with Crippen LogP contribution in [0.3, 0.4) is 0 Å². The fourth-order valence-electron chi connectivity index (χ4n) is 3.72. The minimum atomic E-state index is 0.252. The Labute approximate surface area is 179 Å². The summed E-state index contributed by atoms with van der Waals surface area (Å²) in [5.41, 5.74) is 6.93. The van der Waals surface area contributed by atoms with Crippen molar-refractivity contribution in [3.8, 4) is 18.1 Å². The normalized spacial score (nSPS) is 12.9. The quantitative estimate of drug-likeness (QED) is 0.506. The van der Waals surface area contributed by atoms with E-state index in [0.717, 1.165) is 34.8 Å². The fourth-order valence-corrected chi connectivity index (χ4v) is 3.72. The van der Waals surface area contributed by atoms with Crippen LogP contribution < -0.4 is 9.64 Å². The SMILES string of the molecule is C#CCOc1ccc2c(c1)C(c1ccc(C(C)C)cc1)=NCN2Cc1ccccc1. The van der Waals surface area contributed by atoms with E-state index in [9.17, 15) is 0 Å². The summed E-state index contributed by atoms with van der Waals surface area (Å²) in [6, 6.07) is 25.3.